The molecule has 0 amide bonds. The molecule has 0 atom stereocenters. The summed E-state index contributed by atoms with van der Waals surface area (Å²) in [5, 5.41) is 3.35. The van der Waals surface area contributed by atoms with Crippen molar-refractivity contribution in [3.8, 4) is 0 Å². The Hall–Kier alpha value is -0.730. The van der Waals surface area contributed by atoms with Crippen molar-refractivity contribution in [2.45, 2.75) is 5.88 Å². The molecule has 0 aromatic heterocycles. The van der Waals surface area contributed by atoms with Gasteiger partial charge in [-0.1, -0.05) is 12.1 Å². The maximum atomic E-state index is 5.81. The molecule has 0 unspecified atom stereocenters. The zero-order valence-corrected chi connectivity index (χ0v) is 8.93. The third-order valence-corrected chi connectivity index (χ3v) is 2.86. The van der Waals surface area contributed by atoms with Crippen LogP contribution in [0, 0.1) is 0 Å². The third kappa shape index (κ3) is 2.20. The minimum atomic E-state index is 0.597. The van der Waals surface area contributed by atoms with Crippen LogP contribution in [-0.2, 0) is 5.88 Å². The van der Waals surface area contributed by atoms with Gasteiger partial charge >= 0.3 is 0 Å². The quantitative estimate of drug-likeness (QED) is 0.750. The van der Waals surface area contributed by atoms with Gasteiger partial charge in [0.15, 0.2) is 0 Å². The highest BCUT2D eigenvalue weighted by molar-refractivity contribution is 6.17. The van der Waals surface area contributed by atoms with Gasteiger partial charge in [0.1, 0.15) is 0 Å². The van der Waals surface area contributed by atoms with E-state index in [9.17, 15) is 0 Å². The third-order valence-electron chi connectivity index (χ3n) is 2.55. The highest BCUT2D eigenvalue weighted by Gasteiger charge is 2.09. The number of halogens is 1. The second kappa shape index (κ2) is 4.67. The average molecular weight is 211 g/mol. The van der Waals surface area contributed by atoms with Crippen molar-refractivity contribution in [2.24, 2.45) is 0 Å². The van der Waals surface area contributed by atoms with Gasteiger partial charge in [-0.05, 0) is 17.7 Å². The Kier molecular flexibility index (Phi) is 3.27. The number of alkyl halides is 1. The van der Waals surface area contributed by atoms with Crippen molar-refractivity contribution >= 4 is 17.3 Å². The first-order valence-electron chi connectivity index (χ1n) is 5.01. The van der Waals surface area contributed by atoms with E-state index in [0.717, 1.165) is 26.2 Å². The van der Waals surface area contributed by atoms with Crippen LogP contribution in [0.3, 0.4) is 0 Å². The van der Waals surface area contributed by atoms with Crippen molar-refractivity contribution in [2.75, 3.05) is 31.1 Å². The van der Waals surface area contributed by atoms with Crippen molar-refractivity contribution in [1.82, 2.24) is 5.32 Å². The first kappa shape index (κ1) is 9.81. The van der Waals surface area contributed by atoms with Gasteiger partial charge in [-0.2, -0.15) is 0 Å². The van der Waals surface area contributed by atoms with E-state index in [0.29, 0.717) is 5.88 Å². The van der Waals surface area contributed by atoms with Gasteiger partial charge in [-0.3, -0.25) is 0 Å². The van der Waals surface area contributed by atoms with Crippen LogP contribution in [0.4, 0.5) is 5.69 Å². The molecule has 1 aliphatic rings. The number of anilines is 1. The van der Waals surface area contributed by atoms with E-state index >= 15 is 0 Å². The molecule has 14 heavy (non-hydrogen) atoms. The summed E-state index contributed by atoms with van der Waals surface area (Å²) in [5.41, 5.74) is 2.49. The summed E-state index contributed by atoms with van der Waals surface area (Å²) in [6, 6.07) is 8.48. The minimum absolute atomic E-state index is 0.597. The lowest BCUT2D eigenvalue weighted by Gasteiger charge is -2.29. The summed E-state index contributed by atoms with van der Waals surface area (Å²) in [4.78, 5) is 2.40. The molecule has 1 heterocycles. The van der Waals surface area contributed by atoms with Gasteiger partial charge in [-0.15, -0.1) is 11.6 Å². The normalized spacial score (nSPS) is 17.1. The number of hydrogen-bond acceptors (Lipinski definition) is 2. The molecule has 1 N–H and O–H groups in total. The largest absolute Gasteiger partial charge is 0.369 e. The van der Waals surface area contributed by atoms with E-state index in [1.165, 1.54) is 11.3 Å². The van der Waals surface area contributed by atoms with Crippen molar-refractivity contribution in [1.29, 1.82) is 0 Å². The highest BCUT2D eigenvalue weighted by Crippen LogP contribution is 2.17. The molecule has 1 aromatic carbocycles. The lowest BCUT2D eigenvalue weighted by molar-refractivity contribution is 0.589. The van der Waals surface area contributed by atoms with Crippen LogP contribution in [0.5, 0.6) is 0 Å². The second-order valence-corrected chi connectivity index (χ2v) is 3.81. The first-order chi connectivity index (χ1) is 6.90. The molecule has 0 spiro atoms. The van der Waals surface area contributed by atoms with E-state index in [4.69, 9.17) is 11.6 Å². The Morgan fingerprint density at radius 3 is 2.79 bits per heavy atom. The van der Waals surface area contributed by atoms with E-state index in [1.807, 2.05) is 0 Å². The Morgan fingerprint density at radius 1 is 1.29 bits per heavy atom. The molecule has 1 aliphatic heterocycles. The first-order valence-corrected chi connectivity index (χ1v) is 5.54. The second-order valence-electron chi connectivity index (χ2n) is 3.54. The Morgan fingerprint density at radius 2 is 2.07 bits per heavy atom. The molecule has 0 radical (unpaired) electrons. The zero-order chi connectivity index (χ0) is 9.80. The maximum Gasteiger partial charge on any atom is 0.0474 e. The van der Waals surface area contributed by atoms with Crippen molar-refractivity contribution in [3.05, 3.63) is 29.8 Å². The predicted octanol–water partition coefficient (Wildman–Crippen LogP) is 1.83. The fourth-order valence-corrected chi connectivity index (χ4v) is 1.93. The number of hydrogen-bond donors (Lipinski definition) is 1. The fraction of sp³-hybridized carbons (Fsp3) is 0.455. The Labute approximate surface area is 89.9 Å². The van der Waals surface area contributed by atoms with Gasteiger partial charge in [-0.25, -0.2) is 0 Å². The number of nitrogens with one attached hydrogen (secondary N) is 1. The molecular formula is C11H15ClN2. The fourth-order valence-electron chi connectivity index (χ4n) is 1.76. The van der Waals surface area contributed by atoms with Gasteiger partial charge in [0.2, 0.25) is 0 Å². The van der Waals surface area contributed by atoms with Gasteiger partial charge in [0.25, 0.3) is 0 Å². The van der Waals surface area contributed by atoms with Crippen LogP contribution in [0.15, 0.2) is 24.3 Å². The van der Waals surface area contributed by atoms with Crippen LogP contribution in [0.25, 0.3) is 0 Å². The summed E-state index contributed by atoms with van der Waals surface area (Å²) in [7, 11) is 0. The van der Waals surface area contributed by atoms with Crippen LogP contribution in [0.2, 0.25) is 0 Å². The molecule has 0 saturated carbocycles. The SMILES string of the molecule is ClCc1cccc(N2CCNCC2)c1. The summed E-state index contributed by atoms with van der Waals surface area (Å²) in [5.74, 6) is 0.597. The number of nitrogens with zero attached hydrogens (tertiary/aromatic N) is 1. The number of benzene rings is 1. The molecule has 1 aromatic rings. The summed E-state index contributed by atoms with van der Waals surface area (Å²) >= 11 is 5.81. The minimum Gasteiger partial charge on any atom is -0.369 e. The van der Waals surface area contributed by atoms with Crippen LogP contribution in [-0.4, -0.2) is 26.2 Å². The van der Waals surface area contributed by atoms with Gasteiger partial charge in [0.05, 0.1) is 0 Å². The molecule has 3 heteroatoms. The zero-order valence-electron chi connectivity index (χ0n) is 8.17. The van der Waals surface area contributed by atoms with E-state index in [1.54, 1.807) is 0 Å². The van der Waals surface area contributed by atoms with Gasteiger partial charge < -0.3 is 10.2 Å². The van der Waals surface area contributed by atoms with E-state index in [2.05, 4.69) is 34.5 Å². The molecule has 76 valence electrons. The van der Waals surface area contributed by atoms with Crippen LogP contribution >= 0.6 is 11.6 Å². The van der Waals surface area contributed by atoms with Gasteiger partial charge in [0, 0.05) is 37.7 Å². The monoisotopic (exact) mass is 210 g/mol. The summed E-state index contributed by atoms with van der Waals surface area (Å²) in [6.45, 7) is 4.33. The lowest BCUT2D eigenvalue weighted by atomic mass is 10.2. The molecule has 0 bridgehead atoms. The summed E-state index contributed by atoms with van der Waals surface area (Å²) < 4.78 is 0. The van der Waals surface area contributed by atoms with E-state index < -0.39 is 0 Å². The molecule has 1 fully saturated rings. The summed E-state index contributed by atoms with van der Waals surface area (Å²) in [6.07, 6.45) is 0. The van der Waals surface area contributed by atoms with Crippen molar-refractivity contribution in [3.63, 3.8) is 0 Å². The number of rotatable bonds is 2. The average Bonchev–Trinajstić information content (AvgIpc) is 2.30. The maximum absolute atomic E-state index is 5.81. The van der Waals surface area contributed by atoms with E-state index in [-0.39, 0.29) is 0 Å². The van der Waals surface area contributed by atoms with Crippen molar-refractivity contribution < 1.29 is 0 Å². The Balaban J connectivity index is 2.13. The van der Waals surface area contributed by atoms with Crippen LogP contribution < -0.4 is 10.2 Å². The smallest absolute Gasteiger partial charge is 0.0474 e. The standard InChI is InChI=1S/C11H15ClN2/c12-9-10-2-1-3-11(8-10)14-6-4-13-5-7-14/h1-3,8,13H,4-7,9H2. The molecule has 2 rings (SSSR count). The molecule has 1 saturated heterocycles. The lowest BCUT2D eigenvalue weighted by Crippen LogP contribution is -2.43. The number of piperazine rings is 1. The Bertz CT molecular complexity index is 295. The molecular weight excluding hydrogens is 196 g/mol. The predicted molar refractivity (Wildman–Crippen MR) is 61.1 cm³/mol. The highest BCUT2D eigenvalue weighted by atomic mass is 35.5. The van der Waals surface area contributed by atoms with Crippen LogP contribution in [0.1, 0.15) is 5.56 Å². The topological polar surface area (TPSA) is 15.3 Å². The molecule has 0 aliphatic carbocycles. The molecule has 2 nitrogen and oxygen atoms in total.